The minimum Gasteiger partial charge on any atom is -0.493 e. The third-order valence-electron chi connectivity index (χ3n) is 6.51. The van der Waals surface area contributed by atoms with Gasteiger partial charge in [0.15, 0.2) is 11.5 Å². The third-order valence-corrected chi connectivity index (χ3v) is 6.51. The maximum atomic E-state index is 12.1. The van der Waals surface area contributed by atoms with Crippen LogP contribution >= 0.6 is 12.4 Å². The van der Waals surface area contributed by atoms with Crippen LogP contribution in [0.15, 0.2) is 18.2 Å². The lowest BCUT2D eigenvalue weighted by Gasteiger charge is -2.28. The molecule has 2 rings (SSSR count). The van der Waals surface area contributed by atoms with Crippen LogP contribution in [0.5, 0.6) is 11.5 Å². The summed E-state index contributed by atoms with van der Waals surface area (Å²) in [5.41, 5.74) is 7.23. The number of amides is 1. The van der Waals surface area contributed by atoms with Crippen LogP contribution in [0.4, 0.5) is 0 Å². The molecule has 3 unspecified atom stereocenters. The monoisotopic (exact) mass is 486 g/mol. The van der Waals surface area contributed by atoms with Crippen molar-refractivity contribution in [2.75, 3.05) is 34.0 Å². The molecule has 1 amide bonds. The Bertz CT molecular complexity index is 727. The minimum atomic E-state index is -0.766. The second-order valence-electron chi connectivity index (χ2n) is 9.63. The van der Waals surface area contributed by atoms with Crippen molar-refractivity contribution in [3.05, 3.63) is 23.8 Å². The molecule has 3 atom stereocenters. The van der Waals surface area contributed by atoms with Gasteiger partial charge in [-0.1, -0.05) is 26.8 Å². The van der Waals surface area contributed by atoms with Crippen LogP contribution in [0.1, 0.15) is 52.0 Å². The molecule has 0 aliphatic heterocycles. The Hall–Kier alpha value is -1.54. The molecule has 1 aliphatic carbocycles. The summed E-state index contributed by atoms with van der Waals surface area (Å²) in [6.07, 6.45) is 3.36. The smallest absolute Gasteiger partial charge is 0.226 e. The number of benzene rings is 1. The van der Waals surface area contributed by atoms with Crippen LogP contribution in [-0.4, -0.2) is 57.1 Å². The van der Waals surface area contributed by atoms with Crippen molar-refractivity contribution in [1.29, 1.82) is 0 Å². The number of nitrogens with two attached hydrogens (primary N) is 1. The van der Waals surface area contributed by atoms with Crippen LogP contribution in [0.3, 0.4) is 0 Å². The number of aliphatic hydroxyl groups is 1. The van der Waals surface area contributed by atoms with Crippen LogP contribution in [-0.2, 0) is 16.0 Å². The minimum absolute atomic E-state index is 0. The van der Waals surface area contributed by atoms with Crippen molar-refractivity contribution >= 4 is 18.3 Å². The van der Waals surface area contributed by atoms with E-state index in [4.69, 9.17) is 19.9 Å². The molecule has 1 aliphatic rings. The molecule has 1 saturated carbocycles. The van der Waals surface area contributed by atoms with Crippen LogP contribution in [0, 0.1) is 17.3 Å². The standard InChI is InChI=1S/C25H42N2O5.ClH/c1-17(2)19(15-20(26)21(28)16-27-24(29)25(3)9-10-25)13-18-7-8-22(31-5)23(14-18)32-12-6-11-30-4;/h7-8,14,17,19-21,28H,6,9-13,15-16,26H2,1-5H3,(H,27,29);1H. The Morgan fingerprint density at radius 1 is 1.21 bits per heavy atom. The van der Waals surface area contributed by atoms with Crippen LogP contribution in [0.25, 0.3) is 0 Å². The summed E-state index contributed by atoms with van der Waals surface area (Å²) in [5.74, 6) is 2.12. The molecule has 0 aromatic heterocycles. The van der Waals surface area contributed by atoms with Crippen molar-refractivity contribution in [3.63, 3.8) is 0 Å². The van der Waals surface area contributed by atoms with E-state index >= 15 is 0 Å². The Morgan fingerprint density at radius 2 is 1.91 bits per heavy atom. The van der Waals surface area contributed by atoms with Crippen molar-refractivity contribution in [3.8, 4) is 11.5 Å². The van der Waals surface area contributed by atoms with Gasteiger partial charge in [-0.15, -0.1) is 12.4 Å². The van der Waals surface area contributed by atoms with E-state index < -0.39 is 12.1 Å². The number of nitrogens with one attached hydrogen (secondary N) is 1. The van der Waals surface area contributed by atoms with E-state index in [0.717, 1.165) is 37.0 Å². The lowest BCUT2D eigenvalue weighted by atomic mass is 9.83. The summed E-state index contributed by atoms with van der Waals surface area (Å²) in [7, 11) is 3.31. The van der Waals surface area contributed by atoms with E-state index in [-0.39, 0.29) is 36.2 Å². The van der Waals surface area contributed by atoms with Gasteiger partial charge < -0.3 is 30.4 Å². The largest absolute Gasteiger partial charge is 0.493 e. The van der Waals surface area contributed by atoms with Crippen molar-refractivity contribution in [2.45, 2.75) is 65.0 Å². The molecular formula is C25H43ClN2O5. The Morgan fingerprint density at radius 3 is 2.48 bits per heavy atom. The molecule has 1 aromatic rings. The topological polar surface area (TPSA) is 103 Å². The van der Waals surface area contributed by atoms with Gasteiger partial charge in [-0.3, -0.25) is 4.79 Å². The molecule has 0 radical (unpaired) electrons. The number of hydrogen-bond acceptors (Lipinski definition) is 6. The van der Waals surface area contributed by atoms with Crippen LogP contribution < -0.4 is 20.5 Å². The molecule has 1 fully saturated rings. The quantitative estimate of drug-likeness (QED) is 0.328. The zero-order valence-corrected chi connectivity index (χ0v) is 21.6. The lowest BCUT2D eigenvalue weighted by molar-refractivity contribution is -0.126. The van der Waals surface area contributed by atoms with E-state index in [1.807, 2.05) is 19.1 Å². The van der Waals surface area contributed by atoms with Crippen molar-refractivity contribution in [1.82, 2.24) is 5.32 Å². The first kappa shape index (κ1) is 29.5. The first-order chi connectivity index (χ1) is 15.2. The van der Waals surface area contributed by atoms with E-state index in [2.05, 4.69) is 25.2 Å². The fourth-order valence-corrected chi connectivity index (χ4v) is 3.72. The second-order valence-corrected chi connectivity index (χ2v) is 9.63. The molecule has 33 heavy (non-hydrogen) atoms. The number of hydrogen-bond donors (Lipinski definition) is 3. The second kappa shape index (κ2) is 14.0. The Balaban J connectivity index is 0.00000544. The number of ether oxygens (including phenoxy) is 3. The zero-order valence-electron chi connectivity index (χ0n) is 20.8. The molecule has 4 N–H and O–H groups in total. The zero-order chi connectivity index (χ0) is 23.7. The van der Waals surface area contributed by atoms with Gasteiger partial charge in [0.1, 0.15) is 0 Å². The maximum absolute atomic E-state index is 12.1. The van der Waals surface area contributed by atoms with Gasteiger partial charge in [0.25, 0.3) is 0 Å². The Kier molecular flexibility index (Phi) is 12.5. The summed E-state index contributed by atoms with van der Waals surface area (Å²) in [4.78, 5) is 12.1. The highest BCUT2D eigenvalue weighted by atomic mass is 35.5. The fraction of sp³-hybridized carbons (Fsp3) is 0.720. The number of halogens is 1. The van der Waals surface area contributed by atoms with Gasteiger partial charge in [-0.2, -0.15) is 0 Å². The number of carbonyl (C=O) groups excluding carboxylic acids is 1. The maximum Gasteiger partial charge on any atom is 0.226 e. The molecular weight excluding hydrogens is 444 g/mol. The van der Waals surface area contributed by atoms with Gasteiger partial charge in [-0.25, -0.2) is 0 Å². The summed E-state index contributed by atoms with van der Waals surface area (Å²) in [6, 6.07) is 5.60. The van der Waals surface area contributed by atoms with Gasteiger partial charge in [-0.05, 0) is 55.2 Å². The highest BCUT2D eigenvalue weighted by molar-refractivity contribution is 5.85. The number of aliphatic hydroxyl groups excluding tert-OH is 1. The SMILES string of the molecule is COCCCOc1cc(CC(CC(N)C(O)CNC(=O)C2(C)CC2)C(C)C)ccc1OC.Cl. The van der Waals surface area contributed by atoms with E-state index in [1.54, 1.807) is 14.2 Å². The average Bonchev–Trinajstić information content (AvgIpc) is 3.52. The molecule has 1 aromatic carbocycles. The predicted octanol–water partition coefficient (Wildman–Crippen LogP) is 3.34. The number of rotatable bonds is 15. The number of carbonyl (C=O) groups is 1. The lowest BCUT2D eigenvalue weighted by Crippen LogP contribution is -2.46. The summed E-state index contributed by atoms with van der Waals surface area (Å²) in [5, 5.41) is 13.4. The first-order valence-corrected chi connectivity index (χ1v) is 11.7. The Labute approximate surface area is 205 Å². The van der Waals surface area contributed by atoms with Gasteiger partial charge in [0, 0.05) is 38.1 Å². The van der Waals surface area contributed by atoms with Crippen LogP contribution in [0.2, 0.25) is 0 Å². The molecule has 0 bridgehead atoms. The van der Waals surface area contributed by atoms with Gasteiger partial charge in [0.05, 0.1) is 19.8 Å². The predicted molar refractivity (Wildman–Crippen MR) is 133 cm³/mol. The average molecular weight is 487 g/mol. The molecule has 0 heterocycles. The highest BCUT2D eigenvalue weighted by Gasteiger charge is 2.44. The van der Waals surface area contributed by atoms with Crippen molar-refractivity contribution < 1.29 is 24.1 Å². The van der Waals surface area contributed by atoms with E-state index in [1.165, 1.54) is 0 Å². The summed E-state index contributed by atoms with van der Waals surface area (Å²) in [6.45, 7) is 7.70. The third kappa shape index (κ3) is 9.32. The molecule has 7 nitrogen and oxygen atoms in total. The normalized spacial score (nSPS) is 17.0. The van der Waals surface area contributed by atoms with E-state index in [0.29, 0.717) is 31.3 Å². The summed E-state index contributed by atoms with van der Waals surface area (Å²) < 4.78 is 16.4. The molecule has 8 heteroatoms. The first-order valence-electron chi connectivity index (χ1n) is 11.7. The number of methoxy groups -OCH3 is 2. The summed E-state index contributed by atoms with van der Waals surface area (Å²) >= 11 is 0. The molecule has 190 valence electrons. The van der Waals surface area contributed by atoms with Gasteiger partial charge >= 0.3 is 0 Å². The van der Waals surface area contributed by atoms with E-state index in [9.17, 15) is 9.90 Å². The highest BCUT2D eigenvalue weighted by Crippen LogP contribution is 2.45. The van der Waals surface area contributed by atoms with Crippen molar-refractivity contribution in [2.24, 2.45) is 23.0 Å². The molecule has 0 spiro atoms. The molecule has 0 saturated heterocycles. The fourth-order valence-electron chi connectivity index (χ4n) is 3.72. The van der Waals surface area contributed by atoms with Gasteiger partial charge in [0.2, 0.25) is 5.91 Å².